The molecule has 0 aliphatic heterocycles. The lowest BCUT2D eigenvalue weighted by molar-refractivity contribution is 0.589. The molecule has 1 aromatic rings. The van der Waals surface area contributed by atoms with E-state index in [-0.39, 0.29) is 5.41 Å². The Morgan fingerprint density at radius 2 is 1.81 bits per heavy atom. The Labute approximate surface area is 99.6 Å². The quantitative estimate of drug-likeness (QED) is 0.775. The summed E-state index contributed by atoms with van der Waals surface area (Å²) in [5.74, 6) is 0. The van der Waals surface area contributed by atoms with Crippen LogP contribution in [0.4, 0.5) is 5.69 Å². The first kappa shape index (κ1) is 12.8. The number of benzene rings is 1. The molecular formula is C15H23N. The molecule has 0 radical (unpaired) electrons. The maximum absolute atomic E-state index is 4.06. The summed E-state index contributed by atoms with van der Waals surface area (Å²) in [7, 11) is 1.96. The zero-order chi connectivity index (χ0) is 12.5. The summed E-state index contributed by atoms with van der Waals surface area (Å²) in [6.45, 7) is 15.0. The molecule has 0 bridgehead atoms. The smallest absolute Gasteiger partial charge is 0.0443 e. The molecule has 0 aromatic heterocycles. The number of hydrogen-bond acceptors (Lipinski definition) is 1. The molecule has 1 nitrogen and oxygen atoms in total. The first-order valence-electron chi connectivity index (χ1n) is 5.76. The average molecular weight is 217 g/mol. The minimum atomic E-state index is 0.182. The molecule has 0 saturated heterocycles. The summed E-state index contributed by atoms with van der Waals surface area (Å²) in [6, 6.07) is 4.51. The van der Waals surface area contributed by atoms with Crippen LogP contribution in [0, 0.1) is 6.92 Å². The Bertz CT molecular complexity index is 408. The van der Waals surface area contributed by atoms with Gasteiger partial charge < -0.3 is 5.32 Å². The van der Waals surface area contributed by atoms with Crippen LogP contribution in [-0.4, -0.2) is 7.05 Å². The molecule has 0 fully saturated rings. The van der Waals surface area contributed by atoms with E-state index in [4.69, 9.17) is 0 Å². The molecule has 0 atom stereocenters. The first-order chi connectivity index (χ1) is 7.27. The van der Waals surface area contributed by atoms with Crippen LogP contribution in [0.3, 0.4) is 0 Å². The van der Waals surface area contributed by atoms with Crippen molar-refractivity contribution in [2.24, 2.45) is 0 Å². The summed E-state index contributed by atoms with van der Waals surface area (Å²) in [5, 5.41) is 3.26. The van der Waals surface area contributed by atoms with E-state index in [0.29, 0.717) is 0 Å². The Balaban J connectivity index is 3.46. The van der Waals surface area contributed by atoms with Crippen molar-refractivity contribution in [3.05, 3.63) is 35.4 Å². The number of hydrogen-bond donors (Lipinski definition) is 1. The molecule has 0 heterocycles. The predicted molar refractivity (Wildman–Crippen MR) is 74.1 cm³/mol. The fourth-order valence-corrected chi connectivity index (χ4v) is 1.89. The molecule has 0 aliphatic rings. The van der Waals surface area contributed by atoms with Crippen molar-refractivity contribution in [1.29, 1.82) is 0 Å². The van der Waals surface area contributed by atoms with Crippen molar-refractivity contribution in [3.63, 3.8) is 0 Å². The van der Waals surface area contributed by atoms with Gasteiger partial charge in [0, 0.05) is 18.3 Å². The minimum Gasteiger partial charge on any atom is -0.387 e. The monoisotopic (exact) mass is 217 g/mol. The van der Waals surface area contributed by atoms with Crippen LogP contribution in [0.2, 0.25) is 0 Å². The summed E-state index contributed by atoms with van der Waals surface area (Å²) < 4.78 is 0. The zero-order valence-electron chi connectivity index (χ0n) is 11.4. The standard InChI is InChI=1S/C15H23N/c1-10(2)13-9-12(15(4,5)6)8-11(3)14(13)16-7/h8-9,16H,1H2,2-7H3. The molecule has 0 spiro atoms. The highest BCUT2D eigenvalue weighted by Gasteiger charge is 2.17. The van der Waals surface area contributed by atoms with Crippen LogP contribution in [0.5, 0.6) is 0 Å². The lowest BCUT2D eigenvalue weighted by atomic mass is 9.84. The van der Waals surface area contributed by atoms with E-state index in [2.05, 4.69) is 58.6 Å². The Kier molecular flexibility index (Phi) is 3.47. The topological polar surface area (TPSA) is 12.0 Å². The van der Waals surface area contributed by atoms with E-state index in [1.807, 2.05) is 7.05 Å². The van der Waals surface area contributed by atoms with Crippen LogP contribution in [0.1, 0.15) is 44.4 Å². The molecule has 0 saturated carbocycles. The van der Waals surface area contributed by atoms with Gasteiger partial charge in [0.1, 0.15) is 0 Å². The van der Waals surface area contributed by atoms with Gasteiger partial charge in [-0.3, -0.25) is 0 Å². The van der Waals surface area contributed by atoms with Crippen LogP contribution in [0.25, 0.3) is 5.57 Å². The third-order valence-electron chi connectivity index (χ3n) is 2.91. The van der Waals surface area contributed by atoms with Crippen LogP contribution in [0.15, 0.2) is 18.7 Å². The first-order valence-corrected chi connectivity index (χ1v) is 5.76. The van der Waals surface area contributed by atoms with Crippen molar-refractivity contribution < 1.29 is 0 Å². The van der Waals surface area contributed by atoms with E-state index in [0.717, 1.165) is 5.57 Å². The highest BCUT2D eigenvalue weighted by atomic mass is 14.8. The molecule has 0 unspecified atom stereocenters. The van der Waals surface area contributed by atoms with Crippen molar-refractivity contribution in [2.75, 3.05) is 12.4 Å². The summed E-state index contributed by atoms with van der Waals surface area (Å²) in [5.41, 5.74) is 6.36. The molecule has 1 aromatic carbocycles. The van der Waals surface area contributed by atoms with Gasteiger partial charge in [0.05, 0.1) is 0 Å². The second-order valence-electron chi connectivity index (χ2n) is 5.50. The van der Waals surface area contributed by atoms with Gasteiger partial charge in [-0.2, -0.15) is 0 Å². The SMILES string of the molecule is C=C(C)c1cc(C(C)(C)C)cc(C)c1NC. The third-order valence-corrected chi connectivity index (χ3v) is 2.91. The number of aryl methyl sites for hydroxylation is 1. The fourth-order valence-electron chi connectivity index (χ4n) is 1.89. The average Bonchev–Trinajstić information content (AvgIpc) is 2.14. The Morgan fingerprint density at radius 1 is 1.25 bits per heavy atom. The van der Waals surface area contributed by atoms with Gasteiger partial charge in [0.25, 0.3) is 0 Å². The van der Waals surface area contributed by atoms with Crippen LogP contribution < -0.4 is 5.32 Å². The van der Waals surface area contributed by atoms with Gasteiger partial charge in [0.2, 0.25) is 0 Å². The van der Waals surface area contributed by atoms with Gasteiger partial charge >= 0.3 is 0 Å². The maximum Gasteiger partial charge on any atom is 0.0443 e. The van der Waals surface area contributed by atoms with Gasteiger partial charge in [-0.25, -0.2) is 0 Å². The largest absolute Gasteiger partial charge is 0.387 e. The molecule has 1 rings (SSSR count). The zero-order valence-corrected chi connectivity index (χ0v) is 11.4. The fraction of sp³-hybridized carbons (Fsp3) is 0.467. The molecular weight excluding hydrogens is 194 g/mol. The molecule has 1 N–H and O–H groups in total. The van der Waals surface area contributed by atoms with Crippen molar-refractivity contribution in [3.8, 4) is 0 Å². The van der Waals surface area contributed by atoms with Gasteiger partial charge in [0.15, 0.2) is 0 Å². The molecule has 88 valence electrons. The van der Waals surface area contributed by atoms with E-state index in [1.165, 1.54) is 22.4 Å². The highest BCUT2D eigenvalue weighted by molar-refractivity contribution is 5.77. The van der Waals surface area contributed by atoms with Crippen molar-refractivity contribution in [1.82, 2.24) is 0 Å². The van der Waals surface area contributed by atoms with E-state index in [9.17, 15) is 0 Å². The van der Waals surface area contributed by atoms with Crippen LogP contribution >= 0.6 is 0 Å². The number of nitrogens with one attached hydrogen (secondary N) is 1. The number of allylic oxidation sites excluding steroid dienone is 1. The molecule has 0 amide bonds. The van der Waals surface area contributed by atoms with E-state index >= 15 is 0 Å². The second-order valence-corrected chi connectivity index (χ2v) is 5.50. The predicted octanol–water partition coefficient (Wildman–Crippen LogP) is 4.37. The van der Waals surface area contributed by atoms with Crippen molar-refractivity contribution in [2.45, 2.75) is 40.0 Å². The summed E-state index contributed by atoms with van der Waals surface area (Å²) in [6.07, 6.45) is 0. The molecule has 0 aliphatic carbocycles. The normalized spacial score (nSPS) is 11.4. The summed E-state index contributed by atoms with van der Waals surface area (Å²) in [4.78, 5) is 0. The Morgan fingerprint density at radius 3 is 2.19 bits per heavy atom. The van der Waals surface area contributed by atoms with Gasteiger partial charge in [-0.05, 0) is 42.0 Å². The maximum atomic E-state index is 4.06. The van der Waals surface area contributed by atoms with Gasteiger partial charge in [-0.1, -0.05) is 33.4 Å². The third kappa shape index (κ3) is 2.46. The number of rotatable bonds is 2. The highest BCUT2D eigenvalue weighted by Crippen LogP contribution is 2.32. The summed E-state index contributed by atoms with van der Waals surface area (Å²) >= 11 is 0. The lowest BCUT2D eigenvalue weighted by Gasteiger charge is -2.23. The Hall–Kier alpha value is -1.24. The van der Waals surface area contributed by atoms with Crippen molar-refractivity contribution >= 4 is 11.3 Å². The lowest BCUT2D eigenvalue weighted by Crippen LogP contribution is -2.12. The molecule has 1 heteroatoms. The van der Waals surface area contributed by atoms with Crippen LogP contribution in [-0.2, 0) is 5.41 Å². The van der Waals surface area contributed by atoms with E-state index < -0.39 is 0 Å². The van der Waals surface area contributed by atoms with E-state index in [1.54, 1.807) is 0 Å². The molecule has 16 heavy (non-hydrogen) atoms. The minimum absolute atomic E-state index is 0.182. The number of anilines is 1. The second kappa shape index (κ2) is 4.32. The van der Waals surface area contributed by atoms with Gasteiger partial charge in [-0.15, -0.1) is 0 Å².